The van der Waals surface area contributed by atoms with Gasteiger partial charge in [0, 0.05) is 25.6 Å². The van der Waals surface area contributed by atoms with Gasteiger partial charge in [0.1, 0.15) is 5.82 Å². The summed E-state index contributed by atoms with van der Waals surface area (Å²) in [5, 5.41) is 2.79. The van der Waals surface area contributed by atoms with Crippen molar-refractivity contribution in [1.29, 1.82) is 0 Å². The van der Waals surface area contributed by atoms with Crippen LogP contribution in [0.5, 0.6) is 0 Å². The Kier molecular flexibility index (Phi) is 5.42. The maximum Gasteiger partial charge on any atom is 0.221 e. The Bertz CT molecular complexity index is 375. The number of carbonyl (C=O) groups excluding carboxylic acids is 1. The number of nitrogens with zero attached hydrogens (tertiary/aromatic N) is 2. The SMILES string of the molecule is CCNC(=O)CCN(c1ccc(N)cn1)C(C)C. The van der Waals surface area contributed by atoms with Gasteiger partial charge in [-0.25, -0.2) is 4.98 Å². The van der Waals surface area contributed by atoms with Crippen LogP contribution in [0.25, 0.3) is 0 Å². The summed E-state index contributed by atoms with van der Waals surface area (Å²) in [4.78, 5) is 17.9. The van der Waals surface area contributed by atoms with Crippen molar-refractivity contribution < 1.29 is 4.79 Å². The molecule has 5 heteroatoms. The van der Waals surface area contributed by atoms with E-state index in [9.17, 15) is 4.79 Å². The van der Waals surface area contributed by atoms with Crippen molar-refractivity contribution in [3.8, 4) is 0 Å². The third kappa shape index (κ3) is 4.24. The molecule has 1 aromatic rings. The molecule has 1 aromatic heterocycles. The highest BCUT2D eigenvalue weighted by Gasteiger charge is 2.13. The number of pyridine rings is 1. The van der Waals surface area contributed by atoms with Gasteiger partial charge < -0.3 is 16.0 Å². The zero-order valence-electron chi connectivity index (χ0n) is 11.3. The molecule has 0 fully saturated rings. The van der Waals surface area contributed by atoms with Crippen LogP contribution in [0.4, 0.5) is 11.5 Å². The average Bonchev–Trinajstić information content (AvgIpc) is 2.31. The fourth-order valence-corrected chi connectivity index (χ4v) is 1.71. The van der Waals surface area contributed by atoms with Crippen LogP contribution in [-0.2, 0) is 4.79 Å². The van der Waals surface area contributed by atoms with Crippen molar-refractivity contribution >= 4 is 17.4 Å². The Hall–Kier alpha value is -1.78. The van der Waals surface area contributed by atoms with Crippen LogP contribution in [0.15, 0.2) is 18.3 Å². The van der Waals surface area contributed by atoms with Gasteiger partial charge in [-0.2, -0.15) is 0 Å². The Labute approximate surface area is 108 Å². The van der Waals surface area contributed by atoms with E-state index in [0.29, 0.717) is 25.2 Å². The summed E-state index contributed by atoms with van der Waals surface area (Å²) in [6.45, 7) is 7.40. The molecule has 18 heavy (non-hydrogen) atoms. The summed E-state index contributed by atoms with van der Waals surface area (Å²) < 4.78 is 0. The average molecular weight is 250 g/mol. The summed E-state index contributed by atoms with van der Waals surface area (Å²) in [5.41, 5.74) is 6.26. The van der Waals surface area contributed by atoms with E-state index in [-0.39, 0.29) is 11.9 Å². The van der Waals surface area contributed by atoms with Crippen molar-refractivity contribution in [2.45, 2.75) is 33.2 Å². The molecular weight excluding hydrogens is 228 g/mol. The smallest absolute Gasteiger partial charge is 0.221 e. The zero-order chi connectivity index (χ0) is 13.5. The molecule has 0 aliphatic heterocycles. The molecule has 0 spiro atoms. The van der Waals surface area contributed by atoms with Crippen LogP contribution in [-0.4, -0.2) is 30.0 Å². The molecule has 0 saturated carbocycles. The molecule has 0 aliphatic rings. The number of aromatic nitrogens is 1. The van der Waals surface area contributed by atoms with Crippen LogP contribution in [0.3, 0.4) is 0 Å². The minimum Gasteiger partial charge on any atom is -0.397 e. The van der Waals surface area contributed by atoms with E-state index >= 15 is 0 Å². The molecule has 0 bridgehead atoms. The third-order valence-electron chi connectivity index (χ3n) is 2.64. The van der Waals surface area contributed by atoms with E-state index in [1.807, 2.05) is 19.1 Å². The lowest BCUT2D eigenvalue weighted by Crippen LogP contribution is -2.35. The maximum absolute atomic E-state index is 11.5. The summed E-state index contributed by atoms with van der Waals surface area (Å²) in [7, 11) is 0. The van der Waals surface area contributed by atoms with Crippen molar-refractivity contribution in [3.05, 3.63) is 18.3 Å². The van der Waals surface area contributed by atoms with Crippen molar-refractivity contribution in [2.24, 2.45) is 0 Å². The van der Waals surface area contributed by atoms with E-state index in [1.165, 1.54) is 0 Å². The first kappa shape index (κ1) is 14.3. The first-order valence-corrected chi connectivity index (χ1v) is 6.29. The molecule has 0 aromatic carbocycles. The maximum atomic E-state index is 11.5. The second-order valence-corrected chi connectivity index (χ2v) is 4.44. The molecule has 0 radical (unpaired) electrons. The first-order valence-electron chi connectivity index (χ1n) is 6.29. The van der Waals surface area contributed by atoms with Crippen LogP contribution in [0.1, 0.15) is 27.2 Å². The van der Waals surface area contributed by atoms with Gasteiger partial charge >= 0.3 is 0 Å². The highest BCUT2D eigenvalue weighted by molar-refractivity contribution is 5.76. The molecular formula is C13H22N4O. The lowest BCUT2D eigenvalue weighted by Gasteiger charge is -2.27. The van der Waals surface area contributed by atoms with E-state index in [2.05, 4.69) is 29.0 Å². The Morgan fingerprint density at radius 2 is 2.22 bits per heavy atom. The molecule has 1 amide bonds. The number of carbonyl (C=O) groups is 1. The number of nitrogen functional groups attached to an aromatic ring is 1. The number of anilines is 2. The quantitative estimate of drug-likeness (QED) is 0.800. The minimum atomic E-state index is 0.0681. The number of nitrogens with two attached hydrogens (primary N) is 1. The van der Waals surface area contributed by atoms with Crippen molar-refractivity contribution in [1.82, 2.24) is 10.3 Å². The van der Waals surface area contributed by atoms with Gasteiger partial charge in [0.15, 0.2) is 0 Å². The summed E-state index contributed by atoms with van der Waals surface area (Å²) in [6.07, 6.45) is 2.11. The standard InChI is InChI=1S/C13H22N4O/c1-4-15-13(18)7-8-17(10(2)3)12-6-5-11(14)9-16-12/h5-6,9-10H,4,7-8,14H2,1-3H3,(H,15,18). The van der Waals surface area contributed by atoms with Crippen LogP contribution in [0.2, 0.25) is 0 Å². The fraction of sp³-hybridized carbons (Fsp3) is 0.538. The molecule has 100 valence electrons. The minimum absolute atomic E-state index is 0.0681. The Balaban J connectivity index is 2.65. The largest absolute Gasteiger partial charge is 0.397 e. The van der Waals surface area contributed by atoms with Gasteiger partial charge in [0.05, 0.1) is 11.9 Å². The number of amides is 1. The molecule has 1 rings (SSSR count). The van der Waals surface area contributed by atoms with E-state index in [1.54, 1.807) is 6.20 Å². The fourth-order valence-electron chi connectivity index (χ4n) is 1.71. The number of hydrogen-bond acceptors (Lipinski definition) is 4. The van der Waals surface area contributed by atoms with Gasteiger partial charge in [-0.15, -0.1) is 0 Å². The molecule has 0 unspecified atom stereocenters. The second-order valence-electron chi connectivity index (χ2n) is 4.44. The molecule has 0 saturated heterocycles. The molecule has 1 heterocycles. The predicted molar refractivity (Wildman–Crippen MR) is 74.4 cm³/mol. The second kappa shape index (κ2) is 6.83. The lowest BCUT2D eigenvalue weighted by atomic mass is 10.2. The topological polar surface area (TPSA) is 71.2 Å². The number of hydrogen-bond donors (Lipinski definition) is 2. The van der Waals surface area contributed by atoms with E-state index < -0.39 is 0 Å². The highest BCUT2D eigenvalue weighted by Crippen LogP contribution is 2.15. The van der Waals surface area contributed by atoms with Gasteiger partial charge in [-0.1, -0.05) is 0 Å². The molecule has 0 atom stereocenters. The van der Waals surface area contributed by atoms with E-state index in [0.717, 1.165) is 5.82 Å². The van der Waals surface area contributed by atoms with Crippen LogP contribution >= 0.6 is 0 Å². The molecule has 0 aliphatic carbocycles. The van der Waals surface area contributed by atoms with Crippen molar-refractivity contribution in [3.63, 3.8) is 0 Å². The van der Waals surface area contributed by atoms with Gasteiger partial charge in [0.2, 0.25) is 5.91 Å². The summed E-state index contributed by atoms with van der Waals surface area (Å²) in [5.74, 6) is 0.919. The normalized spacial score (nSPS) is 10.4. The first-order chi connectivity index (χ1) is 8.54. The number of rotatable bonds is 6. The predicted octanol–water partition coefficient (Wildman–Crippen LogP) is 1.40. The summed E-state index contributed by atoms with van der Waals surface area (Å²) >= 11 is 0. The van der Waals surface area contributed by atoms with Crippen LogP contribution < -0.4 is 16.0 Å². The third-order valence-corrected chi connectivity index (χ3v) is 2.64. The lowest BCUT2D eigenvalue weighted by molar-refractivity contribution is -0.120. The van der Waals surface area contributed by atoms with Gasteiger partial charge in [-0.3, -0.25) is 4.79 Å². The molecule has 5 nitrogen and oxygen atoms in total. The van der Waals surface area contributed by atoms with Crippen LogP contribution in [0, 0.1) is 0 Å². The van der Waals surface area contributed by atoms with E-state index in [4.69, 9.17) is 5.73 Å². The molecule has 3 N–H and O–H groups in total. The summed E-state index contributed by atoms with van der Waals surface area (Å²) in [6, 6.07) is 3.99. The monoisotopic (exact) mass is 250 g/mol. The highest BCUT2D eigenvalue weighted by atomic mass is 16.1. The van der Waals surface area contributed by atoms with Gasteiger partial charge in [0.25, 0.3) is 0 Å². The Morgan fingerprint density at radius 3 is 2.72 bits per heavy atom. The number of nitrogens with one attached hydrogen (secondary N) is 1. The Morgan fingerprint density at radius 1 is 1.50 bits per heavy atom. The van der Waals surface area contributed by atoms with Crippen molar-refractivity contribution in [2.75, 3.05) is 23.7 Å². The van der Waals surface area contributed by atoms with Gasteiger partial charge in [-0.05, 0) is 32.9 Å². The zero-order valence-corrected chi connectivity index (χ0v) is 11.3.